The lowest BCUT2D eigenvalue weighted by atomic mass is 10.1. The molecule has 19 heavy (non-hydrogen) atoms. The third kappa shape index (κ3) is 3.20. The van der Waals surface area contributed by atoms with E-state index in [-0.39, 0.29) is 0 Å². The smallest absolute Gasteiger partial charge is 0.137 e. The van der Waals surface area contributed by atoms with E-state index in [1.807, 2.05) is 30.3 Å². The fourth-order valence-electron chi connectivity index (χ4n) is 2.15. The van der Waals surface area contributed by atoms with Crippen molar-refractivity contribution in [3.05, 3.63) is 35.9 Å². The molecule has 1 atom stereocenters. The number of nitrogens with zero attached hydrogens (tertiary/aromatic N) is 1. The third-order valence-corrected chi connectivity index (χ3v) is 3.31. The Balaban J connectivity index is 2.44. The molecule has 0 saturated heterocycles. The molecule has 4 heteroatoms. The molecule has 3 N–H and O–H groups in total. The molecule has 1 aromatic heterocycles. The quantitative estimate of drug-likeness (QED) is 0.819. The first-order valence-corrected chi connectivity index (χ1v) is 6.98. The molecule has 3 nitrogen and oxygen atoms in total. The highest BCUT2D eigenvalue weighted by Gasteiger charge is 2.11. The minimum atomic E-state index is 0.353. The maximum atomic E-state index is 5.81. The van der Waals surface area contributed by atoms with Gasteiger partial charge in [-0.1, -0.05) is 43.8 Å². The Bertz CT molecular complexity index is 595. The average molecular weight is 273 g/mol. The van der Waals surface area contributed by atoms with Gasteiger partial charge in [0.2, 0.25) is 0 Å². The van der Waals surface area contributed by atoms with E-state index >= 15 is 0 Å². The van der Waals surface area contributed by atoms with Crippen molar-refractivity contribution in [2.45, 2.75) is 32.7 Å². The number of nitrogens with one attached hydrogen (secondary N) is 1. The van der Waals surface area contributed by atoms with Crippen LogP contribution in [0.2, 0.25) is 0 Å². The summed E-state index contributed by atoms with van der Waals surface area (Å²) in [5.74, 6) is 0.784. The number of anilines is 1. The Morgan fingerprint density at radius 1 is 1.42 bits per heavy atom. The Hall–Kier alpha value is -1.68. The molecule has 0 amide bonds. The second-order valence-corrected chi connectivity index (χ2v) is 5.22. The summed E-state index contributed by atoms with van der Waals surface area (Å²) in [6.45, 7) is 4.31. The fourth-order valence-corrected chi connectivity index (χ4v) is 2.31. The zero-order valence-corrected chi connectivity index (χ0v) is 12.1. The van der Waals surface area contributed by atoms with E-state index in [1.165, 1.54) is 0 Å². The van der Waals surface area contributed by atoms with Crippen LogP contribution in [0.15, 0.2) is 30.3 Å². The zero-order chi connectivity index (χ0) is 13.8. The molecule has 0 spiro atoms. The Morgan fingerprint density at radius 2 is 2.16 bits per heavy atom. The number of nitrogens with two attached hydrogens (primary N) is 1. The van der Waals surface area contributed by atoms with Crippen molar-refractivity contribution < 1.29 is 0 Å². The molecule has 1 heterocycles. The second-order valence-electron chi connectivity index (χ2n) is 4.78. The molecule has 1 aromatic carbocycles. The van der Waals surface area contributed by atoms with Gasteiger partial charge in [0.05, 0.1) is 11.1 Å². The van der Waals surface area contributed by atoms with E-state index < -0.39 is 0 Å². The average Bonchev–Trinajstić information content (AvgIpc) is 2.38. The molecule has 0 fully saturated rings. The van der Waals surface area contributed by atoms with Crippen LogP contribution < -0.4 is 11.1 Å². The molecular formula is C15H19N3S. The van der Waals surface area contributed by atoms with Crippen LogP contribution in [0.25, 0.3) is 10.9 Å². The fraction of sp³-hybridized carbons (Fsp3) is 0.333. The van der Waals surface area contributed by atoms with Gasteiger partial charge in [0.25, 0.3) is 0 Å². The number of aromatic nitrogens is 1. The van der Waals surface area contributed by atoms with Crippen molar-refractivity contribution in [2.75, 3.05) is 5.32 Å². The Labute approximate surface area is 119 Å². The molecule has 0 aliphatic carbocycles. The SMILES string of the molecule is CCCC(C)Nc1nc2ccccc2cc1C(N)=S. The van der Waals surface area contributed by atoms with Gasteiger partial charge >= 0.3 is 0 Å². The molecule has 0 saturated carbocycles. The van der Waals surface area contributed by atoms with Gasteiger partial charge in [-0.25, -0.2) is 4.98 Å². The summed E-state index contributed by atoms with van der Waals surface area (Å²) in [4.78, 5) is 5.02. The molecule has 0 aliphatic heterocycles. The maximum Gasteiger partial charge on any atom is 0.137 e. The first-order chi connectivity index (χ1) is 9.11. The van der Waals surface area contributed by atoms with Gasteiger partial charge in [0.1, 0.15) is 10.8 Å². The van der Waals surface area contributed by atoms with E-state index in [2.05, 4.69) is 24.1 Å². The first kappa shape index (κ1) is 13.7. The lowest BCUT2D eigenvalue weighted by molar-refractivity contribution is 0.688. The second kappa shape index (κ2) is 5.97. The van der Waals surface area contributed by atoms with Crippen molar-refractivity contribution in [1.29, 1.82) is 0 Å². The van der Waals surface area contributed by atoms with Crippen molar-refractivity contribution in [1.82, 2.24) is 4.98 Å². The summed E-state index contributed by atoms with van der Waals surface area (Å²) in [6.07, 6.45) is 2.22. The van der Waals surface area contributed by atoms with Gasteiger partial charge in [0, 0.05) is 11.4 Å². The van der Waals surface area contributed by atoms with Crippen LogP contribution in [-0.4, -0.2) is 16.0 Å². The van der Waals surface area contributed by atoms with E-state index in [1.54, 1.807) is 0 Å². The van der Waals surface area contributed by atoms with E-state index in [0.29, 0.717) is 11.0 Å². The molecule has 0 aliphatic rings. The summed E-state index contributed by atoms with van der Waals surface area (Å²) in [5.41, 5.74) is 7.58. The number of para-hydroxylation sites is 1. The van der Waals surface area contributed by atoms with Gasteiger partial charge in [-0.3, -0.25) is 0 Å². The van der Waals surface area contributed by atoms with Gasteiger partial charge < -0.3 is 11.1 Å². The molecule has 100 valence electrons. The van der Waals surface area contributed by atoms with E-state index in [4.69, 9.17) is 18.0 Å². The molecule has 0 bridgehead atoms. The van der Waals surface area contributed by atoms with Crippen LogP contribution >= 0.6 is 12.2 Å². The molecule has 1 unspecified atom stereocenters. The standard InChI is InChI=1S/C15H19N3S/c1-3-6-10(2)17-15-12(14(16)19)9-11-7-4-5-8-13(11)18-15/h4-5,7-10H,3,6H2,1-2H3,(H2,16,19)(H,17,18). The van der Waals surface area contributed by atoms with E-state index in [9.17, 15) is 0 Å². The number of pyridine rings is 1. The van der Waals surface area contributed by atoms with E-state index in [0.717, 1.165) is 35.1 Å². The number of thiocarbonyl (C=S) groups is 1. The zero-order valence-electron chi connectivity index (χ0n) is 11.3. The predicted octanol–water partition coefficient (Wildman–Crippen LogP) is 3.47. The Kier molecular flexibility index (Phi) is 4.32. The van der Waals surface area contributed by atoms with Crippen LogP contribution in [0.4, 0.5) is 5.82 Å². The number of benzene rings is 1. The van der Waals surface area contributed by atoms with Crippen molar-refractivity contribution in [3.63, 3.8) is 0 Å². The molecular weight excluding hydrogens is 254 g/mol. The largest absolute Gasteiger partial charge is 0.389 e. The normalized spacial score (nSPS) is 12.3. The van der Waals surface area contributed by atoms with Crippen molar-refractivity contribution in [2.24, 2.45) is 5.73 Å². The predicted molar refractivity (Wildman–Crippen MR) is 85.6 cm³/mol. The summed E-state index contributed by atoms with van der Waals surface area (Å²) in [6, 6.07) is 10.3. The highest BCUT2D eigenvalue weighted by Crippen LogP contribution is 2.21. The molecule has 2 aromatic rings. The molecule has 0 radical (unpaired) electrons. The molecule has 2 rings (SSSR count). The van der Waals surface area contributed by atoms with Crippen LogP contribution in [-0.2, 0) is 0 Å². The summed E-state index contributed by atoms with van der Waals surface area (Å²) in [5, 5.41) is 4.46. The summed E-state index contributed by atoms with van der Waals surface area (Å²) < 4.78 is 0. The summed E-state index contributed by atoms with van der Waals surface area (Å²) in [7, 11) is 0. The maximum absolute atomic E-state index is 5.81. The monoisotopic (exact) mass is 273 g/mol. The van der Waals surface area contributed by atoms with Gasteiger partial charge in [-0.05, 0) is 25.5 Å². The van der Waals surface area contributed by atoms with Crippen molar-refractivity contribution >= 4 is 33.9 Å². The highest BCUT2D eigenvalue weighted by atomic mass is 32.1. The van der Waals surface area contributed by atoms with Gasteiger partial charge in [-0.2, -0.15) is 0 Å². The van der Waals surface area contributed by atoms with Crippen LogP contribution in [0.1, 0.15) is 32.3 Å². The summed E-state index contributed by atoms with van der Waals surface area (Å²) >= 11 is 5.13. The minimum Gasteiger partial charge on any atom is -0.389 e. The minimum absolute atomic E-state index is 0.353. The first-order valence-electron chi connectivity index (χ1n) is 6.58. The van der Waals surface area contributed by atoms with Crippen LogP contribution in [0.5, 0.6) is 0 Å². The lowest BCUT2D eigenvalue weighted by Gasteiger charge is -2.17. The van der Waals surface area contributed by atoms with Crippen molar-refractivity contribution in [3.8, 4) is 0 Å². The number of hydrogen-bond donors (Lipinski definition) is 2. The number of hydrogen-bond acceptors (Lipinski definition) is 3. The number of rotatable bonds is 5. The van der Waals surface area contributed by atoms with Crippen LogP contribution in [0.3, 0.4) is 0 Å². The third-order valence-electron chi connectivity index (χ3n) is 3.09. The topological polar surface area (TPSA) is 50.9 Å². The Morgan fingerprint density at radius 3 is 2.84 bits per heavy atom. The van der Waals surface area contributed by atoms with Gasteiger partial charge in [-0.15, -0.1) is 0 Å². The highest BCUT2D eigenvalue weighted by molar-refractivity contribution is 7.80. The van der Waals surface area contributed by atoms with Gasteiger partial charge in [0.15, 0.2) is 0 Å². The lowest BCUT2D eigenvalue weighted by Crippen LogP contribution is -2.20. The van der Waals surface area contributed by atoms with Crippen LogP contribution in [0, 0.1) is 0 Å². The number of fused-ring (bicyclic) bond motifs is 1.